The molecule has 3 nitrogen and oxygen atoms in total. The Kier molecular flexibility index (Phi) is 3.63. The van der Waals surface area contributed by atoms with Crippen molar-refractivity contribution in [3.63, 3.8) is 0 Å². The van der Waals surface area contributed by atoms with Crippen molar-refractivity contribution in [2.45, 2.75) is 0 Å². The molecule has 1 aromatic carbocycles. The summed E-state index contributed by atoms with van der Waals surface area (Å²) in [6.07, 6.45) is 1.65. The first kappa shape index (κ1) is 11.2. The third-order valence-corrected chi connectivity index (χ3v) is 1.88. The van der Waals surface area contributed by atoms with Crippen LogP contribution in [0.5, 0.6) is 0 Å². The fourth-order valence-corrected chi connectivity index (χ4v) is 1.29. The molecule has 1 aromatic heterocycles. The second-order valence-electron chi connectivity index (χ2n) is 2.68. The molecule has 0 aliphatic heterocycles. The third-order valence-electron chi connectivity index (χ3n) is 1.88. The van der Waals surface area contributed by atoms with E-state index >= 15 is 0 Å². The number of benzene rings is 1. The minimum atomic E-state index is -0.918. The van der Waals surface area contributed by atoms with Gasteiger partial charge in [0, 0.05) is 11.6 Å². The average Bonchev–Trinajstić information content (AvgIpc) is 2.17. The Labute approximate surface area is 105 Å². The van der Waals surface area contributed by atoms with Crippen molar-refractivity contribution in [2.75, 3.05) is 0 Å². The topological polar surface area (TPSA) is 50.2 Å². The zero-order valence-electron chi connectivity index (χ0n) is 8.77. The van der Waals surface area contributed by atoms with Gasteiger partial charge >= 0.3 is 35.5 Å². The summed E-state index contributed by atoms with van der Waals surface area (Å²) >= 11 is 0. The molecular weight excluding hydrogens is 189 g/mol. The van der Waals surface area contributed by atoms with E-state index in [1.165, 1.54) is 0 Å². The molecule has 1 heterocycles. The second kappa shape index (κ2) is 4.55. The molecule has 2 rings (SSSR count). The normalized spacial score (nSPS) is 9.43. The van der Waals surface area contributed by atoms with Gasteiger partial charge in [-0.25, -0.2) is 4.79 Å². The van der Waals surface area contributed by atoms with Gasteiger partial charge in [0.1, 0.15) is 0 Å². The van der Waals surface area contributed by atoms with Gasteiger partial charge in [-0.15, -0.1) is 0 Å². The number of hydrogen-bond acceptors (Lipinski definition) is 2. The van der Waals surface area contributed by atoms with Gasteiger partial charge in [-0.2, -0.15) is 0 Å². The van der Waals surface area contributed by atoms with Crippen LogP contribution in [0.25, 0.3) is 10.9 Å². The summed E-state index contributed by atoms with van der Waals surface area (Å²) in [4.78, 5) is 14.8. The smallest absolute Gasteiger partial charge is 1.00 e. The average molecular weight is 197 g/mol. The Morgan fingerprint density at radius 2 is 2.07 bits per heavy atom. The molecule has 14 heavy (non-hydrogen) atoms. The Balaban J connectivity index is 0.000000980. The molecule has 0 radical (unpaired) electrons. The zero-order valence-corrected chi connectivity index (χ0v) is 9.77. The summed E-state index contributed by atoms with van der Waals surface area (Å²) in [5.74, 6) is -0.918. The Morgan fingerprint density at radius 3 is 2.79 bits per heavy atom. The molecular formula is C10H8NNaO2. The molecule has 0 bridgehead atoms. The standard InChI is InChI=1S/C10H7NO2.Na.H/c12-10(13)8-3-1-5-9-7(8)4-2-6-11-9;;/h1-6H,(H,12,13);;/q;+1;-1. The van der Waals surface area contributed by atoms with Gasteiger partial charge in [-0.1, -0.05) is 12.1 Å². The molecule has 4 heteroatoms. The molecule has 0 saturated carbocycles. The number of aromatic nitrogens is 1. The molecule has 0 atom stereocenters. The Hall–Kier alpha value is -0.900. The number of hydrogen-bond donors (Lipinski definition) is 1. The maximum absolute atomic E-state index is 10.8. The summed E-state index contributed by atoms with van der Waals surface area (Å²) in [5, 5.41) is 9.53. The summed E-state index contributed by atoms with van der Waals surface area (Å²) in [5.41, 5.74) is 1.01. The predicted octanol–water partition coefficient (Wildman–Crippen LogP) is -0.951. The Morgan fingerprint density at radius 1 is 1.29 bits per heavy atom. The minimum Gasteiger partial charge on any atom is -1.00 e. The minimum absolute atomic E-state index is 0. The number of rotatable bonds is 1. The molecule has 66 valence electrons. The van der Waals surface area contributed by atoms with Gasteiger partial charge in [0.2, 0.25) is 0 Å². The zero-order chi connectivity index (χ0) is 9.26. The van der Waals surface area contributed by atoms with Gasteiger partial charge in [-0.05, 0) is 18.2 Å². The summed E-state index contributed by atoms with van der Waals surface area (Å²) in [6.45, 7) is 0. The predicted molar refractivity (Wildman–Crippen MR) is 49.8 cm³/mol. The number of nitrogens with zero attached hydrogens (tertiary/aromatic N) is 1. The van der Waals surface area contributed by atoms with Crippen molar-refractivity contribution >= 4 is 16.9 Å². The molecule has 0 saturated heterocycles. The van der Waals surface area contributed by atoms with E-state index in [1.807, 2.05) is 0 Å². The van der Waals surface area contributed by atoms with E-state index in [0.29, 0.717) is 16.5 Å². The molecule has 0 amide bonds. The summed E-state index contributed by atoms with van der Waals surface area (Å²) in [7, 11) is 0. The molecule has 0 fully saturated rings. The number of carbonyl (C=O) groups is 1. The summed E-state index contributed by atoms with van der Waals surface area (Å²) in [6, 6.07) is 8.55. The first-order chi connectivity index (χ1) is 6.29. The number of fused-ring (bicyclic) bond motifs is 1. The van der Waals surface area contributed by atoms with Crippen LogP contribution < -0.4 is 29.6 Å². The van der Waals surface area contributed by atoms with Crippen LogP contribution in [-0.2, 0) is 0 Å². The number of pyridine rings is 1. The van der Waals surface area contributed by atoms with E-state index in [0.717, 1.165) is 0 Å². The van der Waals surface area contributed by atoms with E-state index in [9.17, 15) is 4.79 Å². The van der Waals surface area contributed by atoms with E-state index in [1.54, 1.807) is 36.5 Å². The van der Waals surface area contributed by atoms with Crippen molar-refractivity contribution in [2.24, 2.45) is 0 Å². The van der Waals surface area contributed by atoms with Crippen molar-refractivity contribution in [1.82, 2.24) is 4.98 Å². The molecule has 0 aliphatic rings. The molecule has 1 N–H and O–H groups in total. The van der Waals surface area contributed by atoms with Crippen LogP contribution in [0.1, 0.15) is 11.8 Å². The van der Waals surface area contributed by atoms with Crippen LogP contribution in [-0.4, -0.2) is 16.1 Å². The van der Waals surface area contributed by atoms with Gasteiger partial charge in [0.25, 0.3) is 0 Å². The van der Waals surface area contributed by atoms with Crippen molar-refractivity contribution in [1.29, 1.82) is 0 Å². The van der Waals surface area contributed by atoms with E-state index < -0.39 is 5.97 Å². The monoisotopic (exact) mass is 197 g/mol. The van der Waals surface area contributed by atoms with Crippen LogP contribution in [0.4, 0.5) is 0 Å². The van der Waals surface area contributed by atoms with Gasteiger partial charge < -0.3 is 6.53 Å². The summed E-state index contributed by atoms with van der Waals surface area (Å²) < 4.78 is 0. The second-order valence-corrected chi connectivity index (χ2v) is 2.68. The van der Waals surface area contributed by atoms with Crippen molar-refractivity contribution < 1.29 is 40.9 Å². The molecule has 2 aromatic rings. The third kappa shape index (κ3) is 1.95. The fraction of sp³-hybridized carbons (Fsp3) is 0. The molecule has 0 unspecified atom stereocenters. The maximum Gasteiger partial charge on any atom is 1.00 e. The molecule has 0 aliphatic carbocycles. The van der Waals surface area contributed by atoms with Gasteiger partial charge in [0.15, 0.2) is 0 Å². The Bertz CT molecular complexity index is 470. The van der Waals surface area contributed by atoms with Crippen LogP contribution in [0.2, 0.25) is 0 Å². The van der Waals surface area contributed by atoms with E-state index in [2.05, 4.69) is 4.98 Å². The van der Waals surface area contributed by atoms with Crippen LogP contribution >= 0.6 is 0 Å². The van der Waals surface area contributed by atoms with E-state index in [-0.39, 0.29) is 31.0 Å². The van der Waals surface area contributed by atoms with Crippen molar-refractivity contribution in [3.8, 4) is 0 Å². The van der Waals surface area contributed by atoms with Crippen LogP contribution in [0.3, 0.4) is 0 Å². The number of aromatic carboxylic acids is 1. The van der Waals surface area contributed by atoms with Crippen molar-refractivity contribution in [3.05, 3.63) is 42.1 Å². The van der Waals surface area contributed by atoms with Gasteiger partial charge in [0.05, 0.1) is 11.1 Å². The largest absolute Gasteiger partial charge is 1.00 e. The number of carboxylic acids is 1. The SMILES string of the molecule is O=C(O)c1cccc2ncccc12.[H-].[Na+]. The fourth-order valence-electron chi connectivity index (χ4n) is 1.29. The van der Waals surface area contributed by atoms with Crippen LogP contribution in [0.15, 0.2) is 36.5 Å². The first-order valence-corrected chi connectivity index (χ1v) is 3.86. The maximum atomic E-state index is 10.8. The quantitative estimate of drug-likeness (QED) is 0.600. The van der Waals surface area contributed by atoms with Gasteiger partial charge in [-0.3, -0.25) is 4.98 Å². The molecule has 0 spiro atoms. The van der Waals surface area contributed by atoms with E-state index in [4.69, 9.17) is 5.11 Å². The van der Waals surface area contributed by atoms with Crippen LogP contribution in [0, 0.1) is 0 Å². The first-order valence-electron chi connectivity index (χ1n) is 3.86. The number of carboxylic acid groups (broad SMARTS) is 1.